The van der Waals surface area contributed by atoms with Crippen LogP contribution in [0.25, 0.3) is 10.4 Å². The number of benzene rings is 2. The molecular formula is C32H40N2O5S. The number of Topliss-reactive ketones (excluding diaryl/α,β-unsaturated/α-hetero) is 1. The zero-order valence-corrected chi connectivity index (χ0v) is 24.9. The molecule has 0 saturated heterocycles. The normalized spacial score (nSPS) is 14.3. The summed E-state index contributed by atoms with van der Waals surface area (Å²) in [6, 6.07) is 16.8. The molecule has 1 aliphatic heterocycles. The number of carbonyl (C=O) groups is 2. The number of anilines is 1. The second kappa shape index (κ2) is 13.4. The zero-order chi connectivity index (χ0) is 28.8. The topological polar surface area (TPSA) is 79.3 Å². The van der Waals surface area contributed by atoms with Gasteiger partial charge in [-0.3, -0.25) is 9.59 Å². The standard InChI is InChI=1S/C32H40N2O5S/c1-6-38-16-17-39-28-27-29(40-30(28)32(37)33(18-21(2)3)19-22(4)5)24-14-10-11-15-25(24)34(31(27)36)20-26(35)23-12-8-7-9-13-23/h7-15,21-22,31,36H,6,16-20H2,1-5H3/t31-/m1/s1. The molecule has 0 unspecified atom stereocenters. The Hall–Kier alpha value is -3.20. The predicted molar refractivity (Wildman–Crippen MR) is 160 cm³/mol. The van der Waals surface area contributed by atoms with E-state index in [1.807, 2.05) is 54.3 Å². The van der Waals surface area contributed by atoms with Crippen LogP contribution in [0.3, 0.4) is 0 Å². The third kappa shape index (κ3) is 6.57. The first-order valence-corrected chi connectivity index (χ1v) is 14.8. The Bertz CT molecular complexity index is 1290. The maximum atomic E-state index is 14.1. The van der Waals surface area contributed by atoms with Crippen molar-refractivity contribution in [2.75, 3.05) is 44.4 Å². The van der Waals surface area contributed by atoms with Crippen molar-refractivity contribution in [1.82, 2.24) is 4.90 Å². The molecule has 0 fully saturated rings. The lowest BCUT2D eigenvalue weighted by Gasteiger charge is -2.35. The first-order chi connectivity index (χ1) is 19.2. The van der Waals surface area contributed by atoms with E-state index < -0.39 is 6.23 Å². The highest BCUT2D eigenvalue weighted by atomic mass is 32.1. The van der Waals surface area contributed by atoms with Crippen molar-refractivity contribution in [3.63, 3.8) is 0 Å². The monoisotopic (exact) mass is 564 g/mol. The first-order valence-electron chi connectivity index (χ1n) is 14.0. The van der Waals surface area contributed by atoms with Crippen molar-refractivity contribution in [3.05, 3.63) is 70.6 Å². The Morgan fingerprint density at radius 3 is 2.27 bits per heavy atom. The van der Waals surface area contributed by atoms with Gasteiger partial charge in [0.25, 0.3) is 5.91 Å². The predicted octanol–water partition coefficient (Wildman–Crippen LogP) is 6.28. The molecule has 0 radical (unpaired) electrons. The highest BCUT2D eigenvalue weighted by Gasteiger charge is 2.39. The molecule has 4 rings (SSSR count). The fraction of sp³-hybridized carbons (Fsp3) is 0.438. The molecule has 0 spiro atoms. The van der Waals surface area contributed by atoms with Gasteiger partial charge in [0.1, 0.15) is 11.5 Å². The van der Waals surface area contributed by atoms with Crippen molar-refractivity contribution < 1.29 is 24.2 Å². The van der Waals surface area contributed by atoms with Crippen LogP contribution in [0, 0.1) is 11.8 Å². The van der Waals surface area contributed by atoms with E-state index in [-0.39, 0.29) is 24.8 Å². The van der Waals surface area contributed by atoms with E-state index in [1.165, 1.54) is 11.3 Å². The number of ether oxygens (including phenoxy) is 2. The molecule has 0 bridgehead atoms. The molecule has 0 aliphatic carbocycles. The summed E-state index contributed by atoms with van der Waals surface area (Å²) in [6.45, 7) is 12.7. The van der Waals surface area contributed by atoms with Crippen molar-refractivity contribution in [2.24, 2.45) is 11.8 Å². The summed E-state index contributed by atoms with van der Waals surface area (Å²) in [6.07, 6.45) is -1.17. The number of rotatable bonds is 13. The van der Waals surface area contributed by atoms with Crippen LogP contribution < -0.4 is 9.64 Å². The van der Waals surface area contributed by atoms with Crippen LogP contribution in [0.2, 0.25) is 0 Å². The van der Waals surface area contributed by atoms with Gasteiger partial charge in [0.05, 0.1) is 18.7 Å². The molecular weight excluding hydrogens is 524 g/mol. The highest BCUT2D eigenvalue weighted by molar-refractivity contribution is 7.18. The number of amides is 1. The lowest BCUT2D eigenvalue weighted by atomic mass is 9.98. The number of hydrogen-bond acceptors (Lipinski definition) is 7. The van der Waals surface area contributed by atoms with Gasteiger partial charge >= 0.3 is 0 Å². The zero-order valence-electron chi connectivity index (χ0n) is 24.1. The van der Waals surface area contributed by atoms with Crippen LogP contribution in [0.5, 0.6) is 5.75 Å². The minimum absolute atomic E-state index is 0.0219. The van der Waals surface area contributed by atoms with Crippen LogP contribution in [-0.2, 0) is 4.74 Å². The van der Waals surface area contributed by atoms with E-state index in [0.717, 1.165) is 16.1 Å². The third-order valence-corrected chi connectivity index (χ3v) is 7.86. The van der Waals surface area contributed by atoms with Gasteiger partial charge in [-0.2, -0.15) is 0 Å². The lowest BCUT2D eigenvalue weighted by Crippen LogP contribution is -2.37. The van der Waals surface area contributed by atoms with Gasteiger partial charge in [-0.25, -0.2) is 0 Å². The van der Waals surface area contributed by atoms with Crippen molar-refractivity contribution >= 4 is 28.7 Å². The van der Waals surface area contributed by atoms with Gasteiger partial charge in [-0.1, -0.05) is 76.2 Å². The van der Waals surface area contributed by atoms with E-state index in [2.05, 4.69) is 27.7 Å². The van der Waals surface area contributed by atoms with E-state index in [4.69, 9.17) is 9.47 Å². The highest BCUT2D eigenvalue weighted by Crippen LogP contribution is 2.53. The second-order valence-electron chi connectivity index (χ2n) is 10.9. The van der Waals surface area contributed by atoms with Crippen LogP contribution >= 0.6 is 11.3 Å². The summed E-state index contributed by atoms with van der Waals surface area (Å²) in [5.74, 6) is 0.755. The van der Waals surface area contributed by atoms with Crippen LogP contribution in [-0.4, -0.2) is 61.2 Å². The molecule has 8 heteroatoms. The van der Waals surface area contributed by atoms with Crippen molar-refractivity contribution in [3.8, 4) is 16.2 Å². The van der Waals surface area contributed by atoms with E-state index >= 15 is 0 Å². The minimum atomic E-state index is -1.17. The summed E-state index contributed by atoms with van der Waals surface area (Å²) in [7, 11) is 0. The summed E-state index contributed by atoms with van der Waals surface area (Å²) in [5, 5.41) is 11.8. The molecule has 2 heterocycles. The third-order valence-electron chi connectivity index (χ3n) is 6.65. The van der Waals surface area contributed by atoms with Gasteiger partial charge in [-0.15, -0.1) is 11.3 Å². The molecule has 1 atom stereocenters. The quantitative estimate of drug-likeness (QED) is 0.195. The smallest absolute Gasteiger partial charge is 0.267 e. The van der Waals surface area contributed by atoms with E-state index in [1.54, 1.807) is 17.0 Å². The molecule has 1 N–H and O–H groups in total. The number of hydrogen-bond donors (Lipinski definition) is 1. The van der Waals surface area contributed by atoms with Gasteiger partial charge in [0.2, 0.25) is 0 Å². The molecule has 1 aliphatic rings. The average molecular weight is 565 g/mol. The number of fused-ring (bicyclic) bond motifs is 3. The number of para-hydroxylation sites is 1. The summed E-state index contributed by atoms with van der Waals surface area (Å²) in [4.78, 5) is 32.2. The average Bonchev–Trinajstić information content (AvgIpc) is 3.32. The second-order valence-corrected chi connectivity index (χ2v) is 11.9. The molecule has 0 saturated carbocycles. The van der Waals surface area contributed by atoms with E-state index in [9.17, 15) is 14.7 Å². The van der Waals surface area contributed by atoms with Gasteiger partial charge in [0.15, 0.2) is 17.8 Å². The molecule has 3 aromatic rings. The van der Waals surface area contributed by atoms with E-state index in [0.29, 0.717) is 59.9 Å². The fourth-order valence-corrected chi connectivity index (χ4v) is 6.28. The number of nitrogens with zero attached hydrogens (tertiary/aromatic N) is 2. The lowest BCUT2D eigenvalue weighted by molar-refractivity contribution is 0.0709. The Kier molecular flexibility index (Phi) is 10.0. The molecule has 7 nitrogen and oxygen atoms in total. The number of ketones is 1. The molecule has 1 aromatic heterocycles. The fourth-order valence-electron chi connectivity index (χ4n) is 5.01. The first kappa shape index (κ1) is 29.8. The summed E-state index contributed by atoms with van der Waals surface area (Å²) in [5.41, 5.74) is 2.71. The maximum Gasteiger partial charge on any atom is 0.267 e. The number of aliphatic hydroxyl groups is 1. The van der Waals surface area contributed by atoms with Crippen LogP contribution in [0.1, 0.15) is 66.4 Å². The SMILES string of the molecule is CCOCCOc1c(C(=O)N(CC(C)C)CC(C)C)sc2c1[C@@H](O)N(CC(=O)c1ccccc1)c1ccccc1-2. The number of aliphatic hydroxyl groups excluding tert-OH is 1. The largest absolute Gasteiger partial charge is 0.489 e. The molecule has 1 amide bonds. The maximum absolute atomic E-state index is 14.1. The summed E-state index contributed by atoms with van der Waals surface area (Å²) < 4.78 is 11.7. The van der Waals surface area contributed by atoms with Gasteiger partial charge in [-0.05, 0) is 24.8 Å². The Balaban J connectivity index is 1.80. The van der Waals surface area contributed by atoms with Crippen LogP contribution in [0.4, 0.5) is 5.69 Å². The molecule has 214 valence electrons. The number of thiophene rings is 1. The number of carbonyl (C=O) groups excluding carboxylic acids is 2. The Morgan fingerprint density at radius 2 is 1.62 bits per heavy atom. The minimum Gasteiger partial charge on any atom is -0.489 e. The van der Waals surface area contributed by atoms with Crippen molar-refractivity contribution in [2.45, 2.75) is 40.8 Å². The summed E-state index contributed by atoms with van der Waals surface area (Å²) >= 11 is 1.35. The Labute approximate surface area is 241 Å². The van der Waals surface area contributed by atoms with Gasteiger partial charge in [0, 0.05) is 41.4 Å². The molecule has 40 heavy (non-hydrogen) atoms. The van der Waals surface area contributed by atoms with Crippen molar-refractivity contribution in [1.29, 1.82) is 0 Å². The van der Waals surface area contributed by atoms with Gasteiger partial charge < -0.3 is 24.4 Å². The molecule has 2 aromatic carbocycles. The Morgan fingerprint density at radius 1 is 0.975 bits per heavy atom. The van der Waals surface area contributed by atoms with Crippen LogP contribution in [0.15, 0.2) is 54.6 Å².